The van der Waals surface area contributed by atoms with Crippen molar-refractivity contribution in [3.8, 4) is 10.4 Å². The number of halogens is 1. The van der Waals surface area contributed by atoms with Gasteiger partial charge >= 0.3 is 0 Å². The number of benzene rings is 1. The van der Waals surface area contributed by atoms with Crippen LogP contribution in [0.25, 0.3) is 21.5 Å². The molecule has 5 aromatic rings. The summed E-state index contributed by atoms with van der Waals surface area (Å²) < 4.78 is 3.46. The van der Waals surface area contributed by atoms with Crippen LogP contribution in [0.1, 0.15) is 22.7 Å². The summed E-state index contributed by atoms with van der Waals surface area (Å²) in [7, 11) is 3.67. The van der Waals surface area contributed by atoms with Crippen LogP contribution in [0.2, 0.25) is 5.02 Å². The minimum atomic E-state index is -0.325. The average Bonchev–Trinajstić information content (AvgIpc) is 3.47. The predicted molar refractivity (Wildman–Crippen MR) is 136 cm³/mol. The topological polar surface area (TPSA) is 78.7 Å². The van der Waals surface area contributed by atoms with Crippen molar-refractivity contribution in [2.75, 3.05) is 0 Å². The lowest BCUT2D eigenvalue weighted by atomic mass is 9.99. The monoisotopic (exact) mass is 477 g/mol. The SMILES string of the molecule is Cc1csc(-c2cc(=O)n(C)c3ncc(C(N)c4ccc(Cl)cc4)cc23)c1.Cn1ccnc1. The summed E-state index contributed by atoms with van der Waals surface area (Å²) in [6.07, 6.45) is 7.13. The molecule has 8 heteroatoms. The number of hydrogen-bond donors (Lipinski definition) is 1. The van der Waals surface area contributed by atoms with Crippen molar-refractivity contribution in [1.29, 1.82) is 0 Å². The lowest BCUT2D eigenvalue weighted by molar-refractivity contribution is 0.854. The normalized spacial score (nSPS) is 11.8. The van der Waals surface area contributed by atoms with Crippen molar-refractivity contribution in [3.05, 3.63) is 105 Å². The van der Waals surface area contributed by atoms with Gasteiger partial charge in [-0.05, 0) is 53.3 Å². The summed E-state index contributed by atoms with van der Waals surface area (Å²) in [6, 6.07) is 13.0. The van der Waals surface area contributed by atoms with E-state index < -0.39 is 0 Å². The molecular formula is C25H24ClN5OS. The number of rotatable bonds is 3. The zero-order valence-electron chi connectivity index (χ0n) is 18.6. The first kappa shape index (κ1) is 22.9. The number of imidazole rings is 1. The van der Waals surface area contributed by atoms with Gasteiger partial charge in [0.15, 0.2) is 0 Å². The van der Waals surface area contributed by atoms with Crippen LogP contribution < -0.4 is 11.3 Å². The van der Waals surface area contributed by atoms with E-state index >= 15 is 0 Å². The number of fused-ring (bicyclic) bond motifs is 1. The largest absolute Gasteiger partial charge is 0.341 e. The van der Waals surface area contributed by atoms with E-state index in [1.54, 1.807) is 47.7 Å². The minimum Gasteiger partial charge on any atom is -0.341 e. The molecule has 0 aliphatic heterocycles. The molecule has 0 aliphatic carbocycles. The highest BCUT2D eigenvalue weighted by atomic mass is 35.5. The van der Waals surface area contributed by atoms with Gasteiger partial charge < -0.3 is 10.3 Å². The zero-order valence-corrected chi connectivity index (χ0v) is 20.1. The fraction of sp³-hybridized carbons (Fsp3) is 0.160. The van der Waals surface area contributed by atoms with Crippen molar-refractivity contribution >= 4 is 34.0 Å². The lowest BCUT2D eigenvalue weighted by Gasteiger charge is -2.15. The molecule has 4 aromatic heterocycles. The fourth-order valence-electron chi connectivity index (χ4n) is 3.48. The van der Waals surface area contributed by atoms with Gasteiger partial charge in [-0.15, -0.1) is 11.3 Å². The smallest absolute Gasteiger partial charge is 0.252 e. The number of nitrogens with zero attached hydrogens (tertiary/aromatic N) is 4. The van der Waals surface area contributed by atoms with Gasteiger partial charge in [0.2, 0.25) is 0 Å². The van der Waals surface area contributed by atoms with Gasteiger partial charge in [-0.3, -0.25) is 9.36 Å². The Morgan fingerprint density at radius 3 is 2.42 bits per heavy atom. The maximum Gasteiger partial charge on any atom is 0.252 e. The van der Waals surface area contributed by atoms with Gasteiger partial charge in [0.05, 0.1) is 12.4 Å². The average molecular weight is 478 g/mol. The third-order valence-corrected chi connectivity index (χ3v) is 6.65. The Labute approximate surface area is 200 Å². The number of thiophene rings is 1. The standard InChI is InChI=1S/C21H18ClN3OS.C4H6N2/c1-12-7-18(27-11-12)16-9-19(26)25(2)21-17(16)8-14(10-24-21)20(23)13-3-5-15(22)6-4-13;1-6-3-2-5-4-6/h3-11,20H,23H2,1-2H3;2-4H,1H3. The van der Waals surface area contributed by atoms with Gasteiger partial charge in [-0.2, -0.15) is 0 Å². The second-order valence-corrected chi connectivity index (χ2v) is 9.19. The molecule has 0 saturated carbocycles. The molecule has 2 N–H and O–H groups in total. The van der Waals surface area contributed by atoms with Crippen LogP contribution in [0.4, 0.5) is 0 Å². The Hall–Kier alpha value is -3.26. The first-order valence-electron chi connectivity index (χ1n) is 10.3. The molecule has 0 aliphatic rings. The second-order valence-electron chi connectivity index (χ2n) is 7.84. The Morgan fingerprint density at radius 2 is 1.85 bits per heavy atom. The van der Waals surface area contributed by atoms with Gasteiger partial charge in [0.1, 0.15) is 5.65 Å². The zero-order chi connectivity index (χ0) is 23.5. The van der Waals surface area contributed by atoms with Crippen LogP contribution in [0.5, 0.6) is 0 Å². The van der Waals surface area contributed by atoms with E-state index in [0.717, 1.165) is 27.0 Å². The Kier molecular flexibility index (Phi) is 6.74. The van der Waals surface area contributed by atoms with Crippen LogP contribution >= 0.6 is 22.9 Å². The summed E-state index contributed by atoms with van der Waals surface area (Å²) in [4.78, 5) is 21.8. The summed E-state index contributed by atoms with van der Waals surface area (Å²) >= 11 is 7.60. The van der Waals surface area contributed by atoms with Gasteiger partial charge in [0.25, 0.3) is 5.56 Å². The lowest BCUT2D eigenvalue weighted by Crippen LogP contribution is -2.18. The molecule has 0 amide bonds. The van der Waals surface area contributed by atoms with Crippen molar-refractivity contribution in [1.82, 2.24) is 19.1 Å². The van der Waals surface area contributed by atoms with Crippen molar-refractivity contribution in [2.24, 2.45) is 19.8 Å². The molecule has 168 valence electrons. The van der Waals surface area contributed by atoms with Crippen molar-refractivity contribution < 1.29 is 0 Å². The van der Waals surface area contributed by atoms with E-state index in [1.165, 1.54) is 5.56 Å². The molecule has 0 bridgehead atoms. The maximum atomic E-state index is 12.4. The maximum absolute atomic E-state index is 12.4. The number of aromatic nitrogens is 4. The highest BCUT2D eigenvalue weighted by Crippen LogP contribution is 2.33. The summed E-state index contributed by atoms with van der Waals surface area (Å²) in [5.41, 5.74) is 10.9. The Bertz CT molecular complexity index is 1440. The molecule has 0 radical (unpaired) electrons. The third kappa shape index (κ3) is 5.06. The number of nitrogens with two attached hydrogens (primary N) is 1. The molecule has 5 rings (SSSR count). The van der Waals surface area contributed by atoms with Crippen LogP contribution in [0, 0.1) is 6.92 Å². The van der Waals surface area contributed by atoms with Gasteiger partial charge in [-0.25, -0.2) is 9.97 Å². The minimum absolute atomic E-state index is 0.0780. The molecule has 6 nitrogen and oxygen atoms in total. The van der Waals surface area contributed by atoms with Crippen molar-refractivity contribution in [3.63, 3.8) is 0 Å². The molecule has 0 saturated heterocycles. The molecule has 1 aromatic carbocycles. The number of aryl methyl sites for hydroxylation is 3. The summed E-state index contributed by atoms with van der Waals surface area (Å²) in [5, 5.41) is 3.67. The first-order chi connectivity index (χ1) is 15.8. The predicted octanol–water partition coefficient (Wildman–Crippen LogP) is 5.09. The molecule has 1 unspecified atom stereocenters. The van der Waals surface area contributed by atoms with E-state index in [-0.39, 0.29) is 11.6 Å². The Balaban J connectivity index is 0.000000376. The van der Waals surface area contributed by atoms with E-state index in [2.05, 4.69) is 21.4 Å². The van der Waals surface area contributed by atoms with E-state index in [4.69, 9.17) is 17.3 Å². The molecule has 33 heavy (non-hydrogen) atoms. The fourth-order valence-corrected chi connectivity index (χ4v) is 4.53. The first-order valence-corrected chi connectivity index (χ1v) is 11.6. The van der Waals surface area contributed by atoms with Crippen LogP contribution in [-0.2, 0) is 14.1 Å². The second kappa shape index (κ2) is 9.70. The molecule has 4 heterocycles. The van der Waals surface area contributed by atoms with E-state index in [0.29, 0.717) is 10.7 Å². The summed E-state index contributed by atoms with van der Waals surface area (Å²) in [6.45, 7) is 2.05. The molecular weight excluding hydrogens is 454 g/mol. The van der Waals surface area contributed by atoms with E-state index in [1.807, 2.05) is 55.1 Å². The highest BCUT2D eigenvalue weighted by Gasteiger charge is 2.15. The third-order valence-electron chi connectivity index (χ3n) is 5.32. The van der Waals surface area contributed by atoms with Crippen LogP contribution in [-0.4, -0.2) is 19.1 Å². The quantitative estimate of drug-likeness (QED) is 0.392. The van der Waals surface area contributed by atoms with Crippen LogP contribution in [0.15, 0.2) is 77.6 Å². The molecule has 0 spiro atoms. The van der Waals surface area contributed by atoms with Crippen LogP contribution in [0.3, 0.4) is 0 Å². The summed E-state index contributed by atoms with van der Waals surface area (Å²) in [5.74, 6) is 0. The van der Waals surface area contributed by atoms with E-state index in [9.17, 15) is 4.79 Å². The molecule has 0 fully saturated rings. The van der Waals surface area contributed by atoms with Gasteiger partial charge in [0, 0.05) is 59.6 Å². The van der Waals surface area contributed by atoms with Crippen molar-refractivity contribution in [2.45, 2.75) is 13.0 Å². The number of pyridine rings is 2. The highest BCUT2D eigenvalue weighted by molar-refractivity contribution is 7.13. The number of hydrogen-bond acceptors (Lipinski definition) is 5. The Morgan fingerprint density at radius 1 is 1.09 bits per heavy atom. The molecule has 1 atom stereocenters. The van der Waals surface area contributed by atoms with Gasteiger partial charge in [-0.1, -0.05) is 23.7 Å².